The number of hydrogen-bond acceptors (Lipinski definition) is 3. The highest BCUT2D eigenvalue weighted by atomic mass is 16.3. The minimum Gasteiger partial charge on any atom is -0.472 e. The van der Waals surface area contributed by atoms with E-state index in [0.717, 1.165) is 5.56 Å². The molecule has 90 valence electrons. The Hall–Kier alpha value is -1.29. The molecule has 1 rings (SSSR count). The van der Waals surface area contributed by atoms with Crippen molar-refractivity contribution in [3.05, 3.63) is 24.2 Å². The Kier molecular flexibility index (Phi) is 3.75. The van der Waals surface area contributed by atoms with Gasteiger partial charge >= 0.3 is 0 Å². The van der Waals surface area contributed by atoms with Crippen LogP contribution in [0.15, 0.2) is 23.0 Å². The molecule has 0 aliphatic rings. The van der Waals surface area contributed by atoms with Gasteiger partial charge in [0.1, 0.15) is 0 Å². The number of amides is 1. The van der Waals surface area contributed by atoms with Crippen molar-refractivity contribution in [2.24, 2.45) is 11.1 Å². The Morgan fingerprint density at radius 3 is 2.62 bits per heavy atom. The molecule has 4 nitrogen and oxygen atoms in total. The van der Waals surface area contributed by atoms with E-state index in [9.17, 15) is 4.79 Å². The lowest BCUT2D eigenvalue weighted by atomic mass is 9.86. The molecule has 1 heterocycles. The third-order valence-corrected chi connectivity index (χ3v) is 2.58. The minimum atomic E-state index is -0.482. The molecule has 1 amide bonds. The standard InChI is InChI=1S/C12H20N2O2/c1-12(2,3)10(13)11(15)14(4)7-9-5-6-16-8-9/h5-6,8,10H,7,13H2,1-4H3/t10-/m1/s1. The molecule has 0 radical (unpaired) electrons. The third-order valence-electron chi connectivity index (χ3n) is 2.58. The molecule has 4 heteroatoms. The van der Waals surface area contributed by atoms with Crippen LogP contribution in [0.25, 0.3) is 0 Å². The van der Waals surface area contributed by atoms with Gasteiger partial charge in [-0.2, -0.15) is 0 Å². The van der Waals surface area contributed by atoms with E-state index in [1.807, 2.05) is 26.8 Å². The Morgan fingerprint density at radius 2 is 2.19 bits per heavy atom. The van der Waals surface area contributed by atoms with E-state index in [1.165, 1.54) is 0 Å². The van der Waals surface area contributed by atoms with Crippen molar-refractivity contribution in [1.82, 2.24) is 4.90 Å². The van der Waals surface area contributed by atoms with E-state index in [-0.39, 0.29) is 11.3 Å². The lowest BCUT2D eigenvalue weighted by Crippen LogP contribution is -2.48. The summed E-state index contributed by atoms with van der Waals surface area (Å²) < 4.78 is 4.95. The molecule has 2 N–H and O–H groups in total. The molecule has 0 saturated heterocycles. The van der Waals surface area contributed by atoms with Gasteiger partial charge in [0, 0.05) is 19.2 Å². The first-order valence-corrected chi connectivity index (χ1v) is 5.34. The van der Waals surface area contributed by atoms with E-state index in [1.54, 1.807) is 24.5 Å². The fourth-order valence-corrected chi connectivity index (χ4v) is 1.34. The maximum atomic E-state index is 12.0. The van der Waals surface area contributed by atoms with Crippen molar-refractivity contribution in [2.45, 2.75) is 33.4 Å². The van der Waals surface area contributed by atoms with Crippen molar-refractivity contribution in [1.29, 1.82) is 0 Å². The second kappa shape index (κ2) is 4.70. The second-order valence-electron chi connectivity index (χ2n) is 5.17. The van der Waals surface area contributed by atoms with E-state index < -0.39 is 6.04 Å². The zero-order valence-corrected chi connectivity index (χ0v) is 10.4. The highest BCUT2D eigenvalue weighted by molar-refractivity contribution is 5.82. The van der Waals surface area contributed by atoms with Crippen LogP contribution in [0, 0.1) is 5.41 Å². The normalized spacial score (nSPS) is 13.6. The molecule has 16 heavy (non-hydrogen) atoms. The summed E-state index contributed by atoms with van der Waals surface area (Å²) in [4.78, 5) is 13.6. The van der Waals surface area contributed by atoms with E-state index >= 15 is 0 Å². The summed E-state index contributed by atoms with van der Waals surface area (Å²) in [6.07, 6.45) is 3.23. The van der Waals surface area contributed by atoms with Gasteiger partial charge in [-0.05, 0) is 11.5 Å². The summed E-state index contributed by atoms with van der Waals surface area (Å²) in [5.74, 6) is -0.0475. The molecule has 1 aromatic heterocycles. The molecule has 1 atom stereocenters. The fourth-order valence-electron chi connectivity index (χ4n) is 1.34. The molecule has 0 aliphatic heterocycles. The van der Waals surface area contributed by atoms with Gasteiger partial charge in [0.05, 0.1) is 18.6 Å². The lowest BCUT2D eigenvalue weighted by Gasteiger charge is -2.29. The van der Waals surface area contributed by atoms with E-state index in [2.05, 4.69) is 0 Å². The van der Waals surface area contributed by atoms with Crippen LogP contribution in [0.2, 0.25) is 0 Å². The van der Waals surface area contributed by atoms with Gasteiger partial charge in [-0.3, -0.25) is 4.79 Å². The molecular formula is C12H20N2O2. The van der Waals surface area contributed by atoms with Crippen LogP contribution >= 0.6 is 0 Å². The quantitative estimate of drug-likeness (QED) is 0.848. The number of likely N-dealkylation sites (N-methyl/N-ethyl adjacent to an activating group) is 1. The average molecular weight is 224 g/mol. The number of hydrogen-bond donors (Lipinski definition) is 1. The van der Waals surface area contributed by atoms with Crippen LogP contribution in [0.5, 0.6) is 0 Å². The first kappa shape index (κ1) is 12.8. The Bertz CT molecular complexity index is 338. The summed E-state index contributed by atoms with van der Waals surface area (Å²) in [5.41, 5.74) is 6.66. The van der Waals surface area contributed by atoms with Gasteiger partial charge in [0.15, 0.2) is 0 Å². The molecule has 0 fully saturated rings. The van der Waals surface area contributed by atoms with Crippen molar-refractivity contribution in [3.8, 4) is 0 Å². The average Bonchev–Trinajstić information content (AvgIpc) is 2.66. The number of carbonyl (C=O) groups is 1. The van der Waals surface area contributed by atoms with Crippen LogP contribution in [0.4, 0.5) is 0 Å². The molecule has 0 saturated carbocycles. The zero-order valence-electron chi connectivity index (χ0n) is 10.4. The van der Waals surface area contributed by atoms with Crippen LogP contribution in [0.3, 0.4) is 0 Å². The highest BCUT2D eigenvalue weighted by Crippen LogP contribution is 2.19. The lowest BCUT2D eigenvalue weighted by molar-refractivity contribution is -0.134. The second-order valence-corrected chi connectivity index (χ2v) is 5.17. The van der Waals surface area contributed by atoms with Crippen LogP contribution < -0.4 is 5.73 Å². The number of nitrogens with zero attached hydrogens (tertiary/aromatic N) is 1. The Morgan fingerprint density at radius 1 is 1.56 bits per heavy atom. The van der Waals surface area contributed by atoms with Crippen molar-refractivity contribution >= 4 is 5.91 Å². The summed E-state index contributed by atoms with van der Waals surface area (Å²) in [6, 6.07) is 1.36. The summed E-state index contributed by atoms with van der Waals surface area (Å²) in [7, 11) is 1.75. The molecular weight excluding hydrogens is 204 g/mol. The van der Waals surface area contributed by atoms with Crippen LogP contribution in [-0.4, -0.2) is 23.9 Å². The Balaban J connectivity index is 2.61. The molecule has 0 aromatic carbocycles. The number of carbonyl (C=O) groups excluding carboxylic acids is 1. The molecule has 0 unspecified atom stereocenters. The monoisotopic (exact) mass is 224 g/mol. The van der Waals surface area contributed by atoms with Gasteiger partial charge in [0.25, 0.3) is 0 Å². The van der Waals surface area contributed by atoms with Gasteiger partial charge < -0.3 is 15.1 Å². The predicted octanol–water partition coefficient (Wildman–Crippen LogP) is 1.61. The zero-order chi connectivity index (χ0) is 12.3. The van der Waals surface area contributed by atoms with Gasteiger partial charge in [-0.1, -0.05) is 20.8 Å². The van der Waals surface area contributed by atoms with E-state index in [0.29, 0.717) is 6.54 Å². The molecule has 0 aliphatic carbocycles. The minimum absolute atomic E-state index is 0.0475. The number of rotatable bonds is 3. The maximum Gasteiger partial charge on any atom is 0.240 e. The van der Waals surface area contributed by atoms with Crippen LogP contribution in [0.1, 0.15) is 26.3 Å². The first-order chi connectivity index (χ1) is 7.32. The predicted molar refractivity (Wildman–Crippen MR) is 62.6 cm³/mol. The van der Waals surface area contributed by atoms with Gasteiger partial charge in [-0.15, -0.1) is 0 Å². The van der Waals surface area contributed by atoms with Crippen molar-refractivity contribution < 1.29 is 9.21 Å². The summed E-state index contributed by atoms with van der Waals surface area (Å²) in [5, 5.41) is 0. The highest BCUT2D eigenvalue weighted by Gasteiger charge is 2.29. The number of nitrogens with two attached hydrogens (primary N) is 1. The molecule has 0 bridgehead atoms. The molecule has 1 aromatic rings. The summed E-state index contributed by atoms with van der Waals surface area (Å²) in [6.45, 7) is 6.41. The Labute approximate surface area is 96.4 Å². The van der Waals surface area contributed by atoms with Crippen molar-refractivity contribution in [2.75, 3.05) is 7.05 Å². The fraction of sp³-hybridized carbons (Fsp3) is 0.583. The summed E-state index contributed by atoms with van der Waals surface area (Å²) >= 11 is 0. The maximum absolute atomic E-state index is 12.0. The number of furan rings is 1. The molecule has 0 spiro atoms. The topological polar surface area (TPSA) is 59.5 Å². The van der Waals surface area contributed by atoms with Crippen LogP contribution in [-0.2, 0) is 11.3 Å². The smallest absolute Gasteiger partial charge is 0.240 e. The third kappa shape index (κ3) is 3.10. The largest absolute Gasteiger partial charge is 0.472 e. The van der Waals surface area contributed by atoms with E-state index in [4.69, 9.17) is 10.2 Å². The van der Waals surface area contributed by atoms with Crippen molar-refractivity contribution in [3.63, 3.8) is 0 Å². The van der Waals surface area contributed by atoms with Gasteiger partial charge in [-0.25, -0.2) is 0 Å². The van der Waals surface area contributed by atoms with Gasteiger partial charge in [0.2, 0.25) is 5.91 Å². The SMILES string of the molecule is CN(Cc1ccoc1)C(=O)[C@@H](N)C(C)(C)C. The first-order valence-electron chi connectivity index (χ1n) is 5.34.